The van der Waals surface area contributed by atoms with Gasteiger partial charge >= 0.3 is 0 Å². The number of benzene rings is 3. The zero-order valence-electron chi connectivity index (χ0n) is 18.3. The lowest BCUT2D eigenvalue weighted by Crippen LogP contribution is -2.29. The average Bonchev–Trinajstić information content (AvgIpc) is 3.15. The lowest BCUT2D eigenvalue weighted by molar-refractivity contribution is 0.0971. The van der Waals surface area contributed by atoms with E-state index in [1.165, 1.54) is 12.0 Å². The number of ether oxygens (including phenoxy) is 2. The standard InChI is InChI=1S/C27H20ClNO5/c1-3-13-33-18-8-6-7-16(14-18)24-23-25(30)19-9-4-5-10-21(19)34-26(23)27(31)29(24)17-11-12-22(32-2)20(28)15-17/h3-12,14-15,24H,1,13H2,2H3. The van der Waals surface area contributed by atoms with Crippen LogP contribution in [0.15, 0.2) is 88.6 Å². The van der Waals surface area contributed by atoms with Crippen LogP contribution in [0.1, 0.15) is 27.7 Å². The average molecular weight is 474 g/mol. The summed E-state index contributed by atoms with van der Waals surface area (Å²) < 4.78 is 16.9. The number of amides is 1. The lowest BCUT2D eigenvalue weighted by Gasteiger charge is -2.26. The Labute approximate surface area is 200 Å². The number of carbonyl (C=O) groups excluding carboxylic acids is 1. The Balaban J connectivity index is 1.75. The van der Waals surface area contributed by atoms with Gasteiger partial charge in [-0.3, -0.25) is 14.5 Å². The number of carbonyl (C=O) groups is 1. The second-order valence-corrected chi connectivity index (χ2v) is 8.15. The highest BCUT2D eigenvalue weighted by Crippen LogP contribution is 2.43. The van der Waals surface area contributed by atoms with E-state index >= 15 is 0 Å². The molecule has 0 spiro atoms. The lowest BCUT2D eigenvalue weighted by atomic mass is 9.98. The van der Waals surface area contributed by atoms with Crippen molar-refractivity contribution in [3.63, 3.8) is 0 Å². The number of anilines is 1. The van der Waals surface area contributed by atoms with Crippen molar-refractivity contribution < 1.29 is 18.7 Å². The van der Waals surface area contributed by atoms with Crippen LogP contribution in [0.25, 0.3) is 11.0 Å². The van der Waals surface area contributed by atoms with E-state index in [0.717, 1.165) is 0 Å². The molecule has 34 heavy (non-hydrogen) atoms. The molecule has 1 amide bonds. The van der Waals surface area contributed by atoms with Gasteiger partial charge in [-0.05, 0) is 48.0 Å². The van der Waals surface area contributed by atoms with Gasteiger partial charge in [-0.25, -0.2) is 0 Å². The van der Waals surface area contributed by atoms with Crippen LogP contribution in [0.3, 0.4) is 0 Å². The maximum atomic E-state index is 13.7. The number of halogens is 1. The van der Waals surface area contributed by atoms with E-state index in [9.17, 15) is 9.59 Å². The molecule has 0 saturated heterocycles. The number of para-hydroxylation sites is 1. The fourth-order valence-electron chi connectivity index (χ4n) is 4.24. The molecule has 0 N–H and O–H groups in total. The highest BCUT2D eigenvalue weighted by Gasteiger charge is 2.44. The monoisotopic (exact) mass is 473 g/mol. The largest absolute Gasteiger partial charge is 0.495 e. The van der Waals surface area contributed by atoms with Crippen molar-refractivity contribution in [3.8, 4) is 11.5 Å². The summed E-state index contributed by atoms with van der Waals surface area (Å²) in [5.74, 6) is 0.654. The van der Waals surface area contributed by atoms with Gasteiger partial charge in [0.25, 0.3) is 5.91 Å². The fourth-order valence-corrected chi connectivity index (χ4v) is 4.49. The predicted molar refractivity (Wildman–Crippen MR) is 131 cm³/mol. The molecule has 2 heterocycles. The second-order valence-electron chi connectivity index (χ2n) is 7.74. The summed E-state index contributed by atoms with van der Waals surface area (Å²) in [5.41, 5.74) is 1.58. The molecule has 1 aliphatic rings. The van der Waals surface area contributed by atoms with Crippen LogP contribution >= 0.6 is 11.6 Å². The molecule has 1 aromatic heterocycles. The maximum Gasteiger partial charge on any atom is 0.295 e. The van der Waals surface area contributed by atoms with Gasteiger partial charge in [-0.1, -0.05) is 48.5 Å². The van der Waals surface area contributed by atoms with Crippen LogP contribution in [-0.4, -0.2) is 19.6 Å². The molecule has 0 saturated carbocycles. The normalized spacial score (nSPS) is 14.8. The Hall–Kier alpha value is -4.03. The molecule has 5 rings (SSSR count). The minimum Gasteiger partial charge on any atom is -0.495 e. The number of hydrogen-bond acceptors (Lipinski definition) is 5. The summed E-state index contributed by atoms with van der Waals surface area (Å²) in [6, 6.07) is 18.5. The van der Waals surface area contributed by atoms with Gasteiger partial charge in [0.1, 0.15) is 23.7 Å². The highest BCUT2D eigenvalue weighted by atomic mass is 35.5. The number of hydrogen-bond donors (Lipinski definition) is 0. The quantitative estimate of drug-likeness (QED) is 0.332. The van der Waals surface area contributed by atoms with Crippen molar-refractivity contribution in [3.05, 3.63) is 112 Å². The minimum absolute atomic E-state index is 0.0121. The molecular weight excluding hydrogens is 454 g/mol. The van der Waals surface area contributed by atoms with Crippen molar-refractivity contribution in [1.82, 2.24) is 0 Å². The molecule has 3 aromatic carbocycles. The van der Waals surface area contributed by atoms with Gasteiger partial charge < -0.3 is 13.9 Å². The number of nitrogens with zero attached hydrogens (tertiary/aromatic N) is 1. The van der Waals surface area contributed by atoms with E-state index in [2.05, 4.69) is 6.58 Å². The Bertz CT molecular complexity index is 1490. The topological polar surface area (TPSA) is 69.0 Å². The third-order valence-electron chi connectivity index (χ3n) is 5.73. The van der Waals surface area contributed by atoms with Crippen molar-refractivity contribution in [2.24, 2.45) is 0 Å². The summed E-state index contributed by atoms with van der Waals surface area (Å²) >= 11 is 6.38. The number of fused-ring (bicyclic) bond motifs is 2. The van der Waals surface area contributed by atoms with E-state index in [0.29, 0.717) is 45.3 Å². The molecule has 170 valence electrons. The first-order valence-corrected chi connectivity index (χ1v) is 11.0. The molecule has 6 nitrogen and oxygen atoms in total. The van der Waals surface area contributed by atoms with Crippen LogP contribution in [0.4, 0.5) is 5.69 Å². The molecular formula is C27H20ClNO5. The zero-order valence-corrected chi connectivity index (χ0v) is 19.0. The SMILES string of the molecule is C=CCOc1cccc(C2c3c(oc4ccccc4c3=O)C(=O)N2c2ccc(OC)c(Cl)c2)c1. The predicted octanol–water partition coefficient (Wildman–Crippen LogP) is 5.77. The van der Waals surface area contributed by atoms with Gasteiger partial charge in [0, 0.05) is 5.69 Å². The Kier molecular flexibility index (Phi) is 5.59. The van der Waals surface area contributed by atoms with E-state index in [1.807, 2.05) is 24.3 Å². The van der Waals surface area contributed by atoms with Gasteiger partial charge in [0.15, 0.2) is 5.43 Å². The maximum absolute atomic E-state index is 13.7. The second kappa shape index (κ2) is 8.72. The highest BCUT2D eigenvalue weighted by molar-refractivity contribution is 6.32. The van der Waals surface area contributed by atoms with Gasteiger partial charge in [-0.2, -0.15) is 0 Å². The molecule has 7 heteroatoms. The molecule has 1 unspecified atom stereocenters. The summed E-state index contributed by atoms with van der Waals surface area (Å²) in [7, 11) is 1.52. The fraction of sp³-hybridized carbons (Fsp3) is 0.111. The van der Waals surface area contributed by atoms with Crippen molar-refractivity contribution in [2.75, 3.05) is 18.6 Å². The van der Waals surface area contributed by atoms with Gasteiger partial charge in [0.05, 0.1) is 29.1 Å². The Morgan fingerprint density at radius 3 is 2.68 bits per heavy atom. The number of methoxy groups -OCH3 is 1. The van der Waals surface area contributed by atoms with Crippen LogP contribution in [0.5, 0.6) is 11.5 Å². The van der Waals surface area contributed by atoms with Crippen LogP contribution < -0.4 is 19.8 Å². The molecule has 4 aromatic rings. The summed E-state index contributed by atoms with van der Waals surface area (Å²) in [4.78, 5) is 28.8. The summed E-state index contributed by atoms with van der Waals surface area (Å²) in [6.45, 7) is 4.00. The van der Waals surface area contributed by atoms with Crippen molar-refractivity contribution >= 4 is 34.2 Å². The first-order valence-electron chi connectivity index (χ1n) is 10.6. The smallest absolute Gasteiger partial charge is 0.295 e. The van der Waals surface area contributed by atoms with E-state index in [-0.39, 0.29) is 16.8 Å². The van der Waals surface area contributed by atoms with Crippen LogP contribution in [0.2, 0.25) is 5.02 Å². The molecule has 0 fully saturated rings. The summed E-state index contributed by atoms with van der Waals surface area (Å²) in [6.07, 6.45) is 1.65. The van der Waals surface area contributed by atoms with Crippen molar-refractivity contribution in [2.45, 2.75) is 6.04 Å². The van der Waals surface area contributed by atoms with Gasteiger partial charge in [-0.15, -0.1) is 0 Å². The van der Waals surface area contributed by atoms with Crippen LogP contribution in [0, 0.1) is 0 Å². The third-order valence-corrected chi connectivity index (χ3v) is 6.03. The molecule has 0 aliphatic carbocycles. The molecule has 0 bridgehead atoms. The first-order chi connectivity index (χ1) is 16.5. The minimum atomic E-state index is -0.736. The van der Waals surface area contributed by atoms with Crippen molar-refractivity contribution in [1.29, 1.82) is 0 Å². The van der Waals surface area contributed by atoms with E-state index in [4.69, 9.17) is 25.5 Å². The first kappa shape index (κ1) is 21.8. The molecule has 1 aliphatic heterocycles. The number of rotatable bonds is 6. The Morgan fingerprint density at radius 2 is 1.91 bits per heavy atom. The third kappa shape index (κ3) is 3.53. The van der Waals surface area contributed by atoms with E-state index in [1.54, 1.807) is 48.5 Å². The summed E-state index contributed by atoms with van der Waals surface area (Å²) in [5, 5.41) is 0.753. The van der Waals surface area contributed by atoms with Gasteiger partial charge in [0.2, 0.25) is 5.76 Å². The van der Waals surface area contributed by atoms with Crippen LogP contribution in [-0.2, 0) is 0 Å². The van der Waals surface area contributed by atoms with E-state index < -0.39 is 11.9 Å². The molecule has 1 atom stereocenters. The zero-order chi connectivity index (χ0) is 23.8. The Morgan fingerprint density at radius 1 is 1.09 bits per heavy atom. The molecule has 0 radical (unpaired) electrons.